The molecule has 0 saturated carbocycles. The van der Waals surface area contributed by atoms with Crippen molar-refractivity contribution < 1.29 is 24.2 Å². The zero-order valence-corrected chi connectivity index (χ0v) is 31.9. The van der Waals surface area contributed by atoms with Gasteiger partial charge in [0.2, 0.25) is 0 Å². The second-order valence-electron chi connectivity index (χ2n) is 14.2. The lowest BCUT2D eigenvalue weighted by molar-refractivity contribution is -0.147. The molecule has 1 unspecified atom stereocenters. The van der Waals surface area contributed by atoms with E-state index in [-0.39, 0.29) is 24.6 Å². The first kappa shape index (κ1) is 44.4. The number of ether oxygens (including phenoxy) is 2. The number of hydrogen-bond acceptors (Lipinski definition) is 6. The van der Waals surface area contributed by atoms with E-state index in [1.807, 2.05) is 0 Å². The Morgan fingerprint density at radius 3 is 1.79 bits per heavy atom. The van der Waals surface area contributed by atoms with Gasteiger partial charge in [-0.1, -0.05) is 129 Å². The van der Waals surface area contributed by atoms with Crippen LogP contribution >= 0.6 is 0 Å². The number of rotatable bonds is 34. The highest BCUT2D eigenvalue weighted by Gasteiger charge is 2.19. The zero-order valence-electron chi connectivity index (χ0n) is 31.9. The lowest BCUT2D eigenvalue weighted by Gasteiger charge is -2.23. The third kappa shape index (κ3) is 25.3. The van der Waals surface area contributed by atoms with Crippen LogP contribution in [-0.4, -0.2) is 60.9 Å². The van der Waals surface area contributed by atoms with E-state index >= 15 is 0 Å². The van der Waals surface area contributed by atoms with Gasteiger partial charge in [0.15, 0.2) is 0 Å². The molecule has 0 spiro atoms. The molecule has 280 valence electrons. The van der Waals surface area contributed by atoms with Crippen LogP contribution in [0.15, 0.2) is 23.3 Å². The molecule has 6 heteroatoms. The molecule has 1 N–H and O–H groups in total. The summed E-state index contributed by atoms with van der Waals surface area (Å²) in [7, 11) is 0. The van der Waals surface area contributed by atoms with Crippen molar-refractivity contribution in [2.45, 2.75) is 200 Å². The number of carbonyl (C=O) groups is 2. The Hall–Kier alpha value is -1.66. The highest BCUT2D eigenvalue weighted by atomic mass is 16.5. The number of hydrogen-bond donors (Lipinski definition) is 1. The summed E-state index contributed by atoms with van der Waals surface area (Å²) in [6, 6.07) is 0. The maximum absolute atomic E-state index is 12.6. The Bertz CT molecular complexity index is 838. The number of allylic oxidation sites excluding steroid dienone is 2. The first-order valence-corrected chi connectivity index (χ1v) is 20.6. The topological polar surface area (TPSA) is 76.1 Å². The molecular weight excluding hydrogens is 598 g/mol. The van der Waals surface area contributed by atoms with Crippen molar-refractivity contribution in [3.8, 4) is 0 Å². The molecular formula is C42H77NO5. The lowest BCUT2D eigenvalue weighted by atomic mass is 9.89. The average Bonchev–Trinajstić information content (AvgIpc) is 3.08. The summed E-state index contributed by atoms with van der Waals surface area (Å²) in [5.41, 5.74) is 3.01. The number of unbranched alkanes of at least 4 members (excludes halogenated alkanes) is 17. The second kappa shape index (κ2) is 32.5. The monoisotopic (exact) mass is 676 g/mol. The summed E-state index contributed by atoms with van der Waals surface area (Å²) in [5.74, 6) is -0.0882. The molecule has 1 aliphatic rings. The van der Waals surface area contributed by atoms with Crippen molar-refractivity contribution >= 4 is 11.9 Å². The average molecular weight is 676 g/mol. The molecule has 0 aromatic rings. The Labute approximate surface area is 296 Å². The van der Waals surface area contributed by atoms with Crippen molar-refractivity contribution in [2.24, 2.45) is 0 Å². The van der Waals surface area contributed by atoms with Crippen LogP contribution in [0.25, 0.3) is 0 Å². The quantitative estimate of drug-likeness (QED) is 0.0540. The van der Waals surface area contributed by atoms with Crippen LogP contribution in [0.2, 0.25) is 0 Å². The number of esters is 2. The summed E-state index contributed by atoms with van der Waals surface area (Å²) in [6.45, 7) is 10.3. The molecule has 6 nitrogen and oxygen atoms in total. The number of nitrogens with zero attached hydrogens (tertiary/aromatic N) is 1. The highest BCUT2D eigenvalue weighted by Crippen LogP contribution is 2.29. The maximum Gasteiger partial charge on any atom is 0.306 e. The molecule has 1 rings (SSSR count). The Morgan fingerprint density at radius 2 is 1.17 bits per heavy atom. The summed E-state index contributed by atoms with van der Waals surface area (Å²) < 4.78 is 11.3. The molecule has 1 atom stereocenters. The molecule has 0 aromatic heterocycles. The molecule has 0 radical (unpaired) electrons. The molecule has 0 amide bonds. The van der Waals surface area contributed by atoms with Gasteiger partial charge in [-0.25, -0.2) is 0 Å². The van der Waals surface area contributed by atoms with Crippen LogP contribution in [0.3, 0.4) is 0 Å². The van der Waals surface area contributed by atoms with Gasteiger partial charge in [0, 0.05) is 25.8 Å². The fourth-order valence-corrected chi connectivity index (χ4v) is 6.66. The Morgan fingerprint density at radius 1 is 0.646 bits per heavy atom. The van der Waals surface area contributed by atoms with E-state index in [1.54, 1.807) is 0 Å². The molecule has 0 saturated heterocycles. The van der Waals surface area contributed by atoms with Crippen LogP contribution in [0.4, 0.5) is 0 Å². The minimum atomic E-state index is -0.0927. The highest BCUT2D eigenvalue weighted by molar-refractivity contribution is 5.70. The number of aliphatic hydroxyl groups excluding tert-OH is 1. The molecule has 0 aliphatic heterocycles. The first-order valence-electron chi connectivity index (χ1n) is 20.6. The van der Waals surface area contributed by atoms with E-state index in [2.05, 4.69) is 37.8 Å². The SMILES string of the molecule is CCCCCCCCOC(=O)CCCCCCCN(CCO)CCCCCCCC(=O)OC1C=CC(CCCCC)=C(CCCCC)C1. The third-order valence-electron chi connectivity index (χ3n) is 9.72. The van der Waals surface area contributed by atoms with Gasteiger partial charge in [-0.05, 0) is 82.5 Å². The molecule has 0 heterocycles. The Balaban J connectivity index is 2.09. The van der Waals surface area contributed by atoms with E-state index in [0.717, 1.165) is 116 Å². The summed E-state index contributed by atoms with van der Waals surface area (Å²) >= 11 is 0. The molecule has 0 bridgehead atoms. The smallest absolute Gasteiger partial charge is 0.306 e. The van der Waals surface area contributed by atoms with Gasteiger partial charge >= 0.3 is 11.9 Å². The van der Waals surface area contributed by atoms with E-state index in [9.17, 15) is 14.7 Å². The van der Waals surface area contributed by atoms with Gasteiger partial charge < -0.3 is 19.5 Å². The number of carbonyl (C=O) groups excluding carboxylic acids is 2. The summed E-state index contributed by atoms with van der Waals surface area (Å²) in [5, 5.41) is 9.51. The van der Waals surface area contributed by atoms with E-state index < -0.39 is 0 Å². The van der Waals surface area contributed by atoms with Crippen molar-refractivity contribution in [3.05, 3.63) is 23.3 Å². The normalized spacial score (nSPS) is 14.6. The van der Waals surface area contributed by atoms with Crippen LogP contribution in [0.1, 0.15) is 194 Å². The second-order valence-corrected chi connectivity index (χ2v) is 14.2. The summed E-state index contributed by atoms with van der Waals surface area (Å²) in [4.78, 5) is 26.9. The Kier molecular flexibility index (Phi) is 30.1. The van der Waals surface area contributed by atoms with Gasteiger partial charge in [-0.3, -0.25) is 9.59 Å². The maximum atomic E-state index is 12.6. The van der Waals surface area contributed by atoms with E-state index in [4.69, 9.17) is 9.47 Å². The lowest BCUT2D eigenvalue weighted by Crippen LogP contribution is -2.29. The van der Waals surface area contributed by atoms with Crippen LogP contribution in [0, 0.1) is 0 Å². The number of aliphatic hydroxyl groups is 1. The van der Waals surface area contributed by atoms with Gasteiger partial charge in [0.25, 0.3) is 0 Å². The van der Waals surface area contributed by atoms with Crippen LogP contribution < -0.4 is 0 Å². The predicted molar refractivity (Wildman–Crippen MR) is 202 cm³/mol. The fourth-order valence-electron chi connectivity index (χ4n) is 6.66. The zero-order chi connectivity index (χ0) is 34.9. The van der Waals surface area contributed by atoms with Crippen LogP contribution in [0.5, 0.6) is 0 Å². The van der Waals surface area contributed by atoms with Crippen molar-refractivity contribution in [1.82, 2.24) is 4.90 Å². The fraction of sp³-hybridized carbons (Fsp3) is 0.857. The standard InChI is InChI=1S/C42H77NO5/c1-4-7-10-11-18-25-36-47-41(45)28-21-14-12-16-23-32-43(34-35-44)33-24-17-13-15-22-29-42(46)48-40-31-30-38(26-19-8-5-2)39(37-40)27-20-9-6-3/h30-31,40,44H,4-29,32-37H2,1-3H3. The molecule has 1 aliphatic carbocycles. The van der Waals surface area contributed by atoms with Gasteiger partial charge in [-0.2, -0.15) is 0 Å². The van der Waals surface area contributed by atoms with Crippen molar-refractivity contribution in [1.29, 1.82) is 0 Å². The first-order chi connectivity index (χ1) is 23.5. The predicted octanol–water partition coefficient (Wildman–Crippen LogP) is 11.2. The molecule has 0 fully saturated rings. The van der Waals surface area contributed by atoms with E-state index in [1.165, 1.54) is 75.4 Å². The van der Waals surface area contributed by atoms with Gasteiger partial charge in [-0.15, -0.1) is 0 Å². The molecule has 0 aromatic carbocycles. The third-order valence-corrected chi connectivity index (χ3v) is 9.72. The minimum absolute atomic E-state index is 0.0369. The minimum Gasteiger partial charge on any atom is -0.466 e. The largest absolute Gasteiger partial charge is 0.466 e. The summed E-state index contributed by atoms with van der Waals surface area (Å²) in [6.07, 6.45) is 34.1. The van der Waals surface area contributed by atoms with Gasteiger partial charge in [0.05, 0.1) is 13.2 Å². The van der Waals surface area contributed by atoms with Crippen molar-refractivity contribution in [3.63, 3.8) is 0 Å². The molecule has 48 heavy (non-hydrogen) atoms. The van der Waals surface area contributed by atoms with Crippen LogP contribution in [-0.2, 0) is 19.1 Å². The van der Waals surface area contributed by atoms with Crippen molar-refractivity contribution in [2.75, 3.05) is 32.8 Å². The van der Waals surface area contributed by atoms with Gasteiger partial charge in [0.1, 0.15) is 6.10 Å². The van der Waals surface area contributed by atoms with E-state index in [0.29, 0.717) is 19.4 Å².